The van der Waals surface area contributed by atoms with Crippen molar-refractivity contribution < 1.29 is 19.1 Å². The van der Waals surface area contributed by atoms with Crippen molar-refractivity contribution in [1.29, 1.82) is 0 Å². The Kier molecular flexibility index (Phi) is 7.46. The number of carbonyl (C=O) groups excluding carboxylic acids is 2. The molecular weight excluding hydrogens is 438 g/mol. The summed E-state index contributed by atoms with van der Waals surface area (Å²) in [5.41, 5.74) is 3.06. The Hall–Kier alpha value is -2.71. The molecule has 0 radical (unpaired) electrons. The number of hydrogen-bond donors (Lipinski definition) is 1. The maximum atomic E-state index is 12.0. The van der Waals surface area contributed by atoms with Crippen LogP contribution in [0.25, 0.3) is 0 Å². The van der Waals surface area contributed by atoms with E-state index in [9.17, 15) is 9.59 Å². The average molecular weight is 462 g/mol. The number of rotatable bonds is 6. The van der Waals surface area contributed by atoms with Gasteiger partial charge in [0.15, 0.2) is 5.17 Å². The van der Waals surface area contributed by atoms with Crippen molar-refractivity contribution in [3.63, 3.8) is 0 Å². The molecule has 7 nitrogen and oxygen atoms in total. The summed E-state index contributed by atoms with van der Waals surface area (Å²) in [7, 11) is 0. The number of halogens is 1. The molecule has 3 rings (SSSR count). The van der Waals surface area contributed by atoms with E-state index >= 15 is 0 Å². The molecule has 0 aromatic heterocycles. The van der Waals surface area contributed by atoms with E-state index in [0.717, 1.165) is 22.4 Å². The molecule has 0 fully saturated rings. The molecule has 2 aromatic carbocycles. The summed E-state index contributed by atoms with van der Waals surface area (Å²) in [6, 6.07) is 11.4. The Morgan fingerprint density at radius 2 is 1.77 bits per heavy atom. The fourth-order valence-corrected chi connectivity index (χ4v) is 4.47. The van der Waals surface area contributed by atoms with Gasteiger partial charge in [0.1, 0.15) is 30.1 Å². The van der Waals surface area contributed by atoms with Gasteiger partial charge in [-0.15, -0.1) is 5.10 Å². The number of amides is 2. The molecule has 1 atom stereocenters. The van der Waals surface area contributed by atoms with E-state index in [2.05, 4.69) is 16.5 Å². The summed E-state index contributed by atoms with van der Waals surface area (Å²) in [5, 5.41) is 8.48. The van der Waals surface area contributed by atoms with Crippen molar-refractivity contribution in [3.8, 4) is 11.5 Å². The molecule has 1 aliphatic heterocycles. The predicted octanol–water partition coefficient (Wildman–Crippen LogP) is 4.42. The van der Waals surface area contributed by atoms with Crippen LogP contribution in [-0.2, 0) is 9.59 Å². The lowest BCUT2D eigenvalue weighted by atomic mass is 10.1. The van der Waals surface area contributed by atoms with Gasteiger partial charge in [-0.05, 0) is 54.8 Å². The number of ether oxygens (including phenoxy) is 2. The Bertz CT molecular complexity index is 1010. The number of benzene rings is 2. The molecule has 0 unspecified atom stereocenters. The van der Waals surface area contributed by atoms with Gasteiger partial charge in [0.05, 0.1) is 5.02 Å². The second-order valence-corrected chi connectivity index (χ2v) is 8.61. The molecule has 164 valence electrons. The molecule has 2 amide bonds. The molecule has 0 saturated heterocycles. The Morgan fingerprint density at radius 3 is 2.39 bits per heavy atom. The van der Waals surface area contributed by atoms with Crippen LogP contribution in [0, 0.1) is 13.8 Å². The maximum Gasteiger partial charge on any atom is 0.241 e. The van der Waals surface area contributed by atoms with Crippen LogP contribution in [0.15, 0.2) is 41.5 Å². The van der Waals surface area contributed by atoms with E-state index in [-0.39, 0.29) is 11.8 Å². The van der Waals surface area contributed by atoms with Gasteiger partial charge in [-0.1, -0.05) is 35.5 Å². The average Bonchev–Trinajstić information content (AvgIpc) is 3.09. The van der Waals surface area contributed by atoms with Crippen LogP contribution < -0.4 is 14.8 Å². The zero-order chi connectivity index (χ0) is 22.5. The molecule has 31 heavy (non-hydrogen) atoms. The van der Waals surface area contributed by atoms with E-state index in [0.29, 0.717) is 29.2 Å². The van der Waals surface area contributed by atoms with Gasteiger partial charge in [-0.25, -0.2) is 5.01 Å². The molecule has 0 aliphatic carbocycles. The summed E-state index contributed by atoms with van der Waals surface area (Å²) in [6.07, 6.45) is 0. The van der Waals surface area contributed by atoms with Gasteiger partial charge < -0.3 is 14.8 Å². The lowest BCUT2D eigenvalue weighted by Gasteiger charge is -2.20. The first-order valence-corrected chi connectivity index (χ1v) is 10.9. The number of hydrogen-bond acceptors (Lipinski definition) is 6. The Labute approximate surface area is 190 Å². The fourth-order valence-electron chi connectivity index (χ4n) is 3.09. The van der Waals surface area contributed by atoms with Gasteiger partial charge >= 0.3 is 0 Å². The number of amidine groups is 1. The minimum absolute atomic E-state index is 0.238. The summed E-state index contributed by atoms with van der Waals surface area (Å²) in [4.78, 5) is 23.3. The number of carbonyl (C=O) groups is 2. The van der Waals surface area contributed by atoms with E-state index < -0.39 is 5.37 Å². The highest BCUT2D eigenvalue weighted by Crippen LogP contribution is 2.40. The minimum atomic E-state index is -0.418. The van der Waals surface area contributed by atoms with Crippen LogP contribution in [0.1, 0.15) is 35.9 Å². The number of nitrogens with zero attached hydrogens (tertiary/aromatic N) is 2. The first kappa shape index (κ1) is 23.0. The van der Waals surface area contributed by atoms with Crippen LogP contribution in [0.5, 0.6) is 11.5 Å². The summed E-state index contributed by atoms with van der Waals surface area (Å²) < 4.78 is 11.5. The highest BCUT2D eigenvalue weighted by atomic mass is 35.5. The number of hydrazone groups is 1. The molecule has 2 aromatic rings. The first-order chi connectivity index (χ1) is 14.7. The smallest absolute Gasteiger partial charge is 0.241 e. The second kappa shape index (κ2) is 10.1. The third-order valence-corrected chi connectivity index (χ3v) is 5.69. The van der Waals surface area contributed by atoms with Crippen molar-refractivity contribution in [1.82, 2.24) is 10.3 Å². The van der Waals surface area contributed by atoms with Crippen LogP contribution in [0.4, 0.5) is 0 Å². The summed E-state index contributed by atoms with van der Waals surface area (Å²) >= 11 is 7.68. The van der Waals surface area contributed by atoms with Crippen LogP contribution in [-0.4, -0.2) is 35.2 Å². The van der Waals surface area contributed by atoms with Crippen LogP contribution in [0.2, 0.25) is 5.02 Å². The molecule has 0 saturated carbocycles. The van der Waals surface area contributed by atoms with E-state index in [4.69, 9.17) is 21.1 Å². The highest BCUT2D eigenvalue weighted by Gasteiger charge is 2.32. The molecule has 9 heteroatoms. The SMILES string of the molecule is CC(=O)NC1=NN(C(C)=O)[C@H](c2ccc(OCCOc3cc(C)cc(C)c3)c(Cl)c2)S1. The number of aryl methyl sites for hydroxylation is 2. The van der Waals surface area contributed by atoms with Crippen molar-refractivity contribution in [2.45, 2.75) is 33.1 Å². The summed E-state index contributed by atoms with van der Waals surface area (Å²) in [6.45, 7) is 7.57. The van der Waals surface area contributed by atoms with Gasteiger partial charge in [0, 0.05) is 13.8 Å². The van der Waals surface area contributed by atoms with E-state index in [1.807, 2.05) is 32.0 Å². The highest BCUT2D eigenvalue weighted by molar-refractivity contribution is 8.14. The Morgan fingerprint density at radius 1 is 1.10 bits per heavy atom. The molecule has 1 heterocycles. The van der Waals surface area contributed by atoms with E-state index in [1.54, 1.807) is 12.1 Å². The first-order valence-electron chi connectivity index (χ1n) is 9.69. The zero-order valence-electron chi connectivity index (χ0n) is 17.8. The third kappa shape index (κ3) is 6.15. The largest absolute Gasteiger partial charge is 0.490 e. The molecule has 1 aliphatic rings. The van der Waals surface area contributed by atoms with Crippen molar-refractivity contribution >= 4 is 40.3 Å². The van der Waals surface area contributed by atoms with Crippen molar-refractivity contribution in [3.05, 3.63) is 58.1 Å². The molecule has 1 N–H and O–H groups in total. The van der Waals surface area contributed by atoms with Crippen LogP contribution >= 0.6 is 23.4 Å². The van der Waals surface area contributed by atoms with Gasteiger partial charge in [-0.2, -0.15) is 0 Å². The zero-order valence-corrected chi connectivity index (χ0v) is 19.3. The summed E-state index contributed by atoms with van der Waals surface area (Å²) in [5.74, 6) is 0.841. The lowest BCUT2D eigenvalue weighted by molar-refractivity contribution is -0.129. The van der Waals surface area contributed by atoms with Gasteiger partial charge in [0.25, 0.3) is 0 Å². The lowest BCUT2D eigenvalue weighted by Crippen LogP contribution is -2.25. The Balaban J connectivity index is 1.60. The third-order valence-electron chi connectivity index (χ3n) is 4.30. The molecule has 0 spiro atoms. The molecule has 0 bridgehead atoms. The fraction of sp³-hybridized carbons (Fsp3) is 0.318. The van der Waals surface area contributed by atoms with Gasteiger partial charge in [0.2, 0.25) is 11.8 Å². The number of thioether (sulfide) groups is 1. The minimum Gasteiger partial charge on any atom is -0.490 e. The normalized spacial score (nSPS) is 15.5. The van der Waals surface area contributed by atoms with E-state index in [1.165, 1.54) is 30.6 Å². The van der Waals surface area contributed by atoms with Crippen molar-refractivity contribution in [2.24, 2.45) is 5.10 Å². The topological polar surface area (TPSA) is 80.2 Å². The monoisotopic (exact) mass is 461 g/mol. The van der Waals surface area contributed by atoms with Crippen LogP contribution in [0.3, 0.4) is 0 Å². The standard InChI is InChI=1S/C22H24ClN3O4S/c1-13-9-14(2)11-18(10-13)29-7-8-30-20-6-5-17(12-19(20)23)21-26(16(4)28)25-22(31-21)24-15(3)27/h5-6,9-12,21H,7-8H2,1-4H3,(H,24,25,27)/t21-/m0/s1. The number of nitrogens with one attached hydrogen (secondary N) is 1. The quantitative estimate of drug-likeness (QED) is 0.644. The maximum absolute atomic E-state index is 12.0. The van der Waals surface area contributed by atoms with Crippen molar-refractivity contribution in [2.75, 3.05) is 13.2 Å². The molecular formula is C22H24ClN3O4S. The van der Waals surface area contributed by atoms with Gasteiger partial charge in [-0.3, -0.25) is 9.59 Å². The second-order valence-electron chi connectivity index (χ2n) is 7.13. The predicted molar refractivity (Wildman–Crippen MR) is 122 cm³/mol.